The van der Waals surface area contributed by atoms with Crippen molar-refractivity contribution < 1.29 is 0 Å². The molecule has 0 aliphatic rings. The second-order valence-corrected chi connectivity index (χ2v) is 10.4. The molecule has 0 aliphatic carbocycles. The van der Waals surface area contributed by atoms with E-state index in [-0.39, 0.29) is 0 Å². The van der Waals surface area contributed by atoms with Gasteiger partial charge in [0.15, 0.2) is 0 Å². The van der Waals surface area contributed by atoms with Gasteiger partial charge in [-0.3, -0.25) is 4.40 Å². The predicted octanol–water partition coefficient (Wildman–Crippen LogP) is 10.0. The molecule has 2 aromatic heterocycles. The van der Waals surface area contributed by atoms with Crippen molar-refractivity contribution in [3.8, 4) is 0 Å². The lowest BCUT2D eigenvalue weighted by Gasteiger charge is -2.13. The van der Waals surface area contributed by atoms with Crippen molar-refractivity contribution in [1.82, 2.24) is 9.38 Å². The molecule has 0 spiro atoms. The van der Waals surface area contributed by atoms with Crippen molar-refractivity contribution in [3.63, 3.8) is 0 Å². The van der Waals surface area contributed by atoms with Crippen LogP contribution in [0.1, 0.15) is 51.0 Å². The van der Waals surface area contributed by atoms with E-state index >= 15 is 0 Å². The molecule has 0 unspecified atom stereocenters. The van der Waals surface area contributed by atoms with E-state index in [0.717, 1.165) is 17.6 Å². The van der Waals surface area contributed by atoms with Crippen LogP contribution in [0.4, 0.5) is 0 Å². The van der Waals surface area contributed by atoms with E-state index in [1.54, 1.807) is 0 Å². The second-order valence-electron chi connectivity index (χ2n) is 10.4. The second kappa shape index (κ2) is 9.19. The zero-order valence-electron chi connectivity index (χ0n) is 21.5. The number of imidazole rings is 1. The molecule has 0 saturated carbocycles. The Labute approximate surface area is 217 Å². The summed E-state index contributed by atoms with van der Waals surface area (Å²) in [4.78, 5) is 5.41. The number of rotatable bonds is 7. The van der Waals surface area contributed by atoms with Crippen LogP contribution in [0, 0.1) is 0 Å². The van der Waals surface area contributed by atoms with Crippen LogP contribution in [0.25, 0.3) is 59.9 Å². The third kappa shape index (κ3) is 3.50. The topological polar surface area (TPSA) is 17.3 Å². The van der Waals surface area contributed by atoms with Gasteiger partial charge in [0.1, 0.15) is 5.65 Å². The van der Waals surface area contributed by atoms with Gasteiger partial charge in [0.25, 0.3) is 0 Å². The number of para-hydroxylation sites is 1. The van der Waals surface area contributed by atoms with Crippen LogP contribution >= 0.6 is 0 Å². The summed E-state index contributed by atoms with van der Waals surface area (Å²) in [6, 6.07) is 33.3. The molecule has 0 N–H and O–H groups in total. The van der Waals surface area contributed by atoms with Crippen molar-refractivity contribution >= 4 is 59.9 Å². The number of aryl methyl sites for hydroxylation is 1. The molecule has 7 aromatic rings. The smallest absolute Gasteiger partial charge is 0.146 e. The number of benzene rings is 5. The summed E-state index contributed by atoms with van der Waals surface area (Å²) in [7, 11) is 0. The quantitative estimate of drug-likeness (QED) is 0.164. The molecule has 182 valence electrons. The van der Waals surface area contributed by atoms with Crippen LogP contribution in [0.15, 0.2) is 91.0 Å². The average molecular weight is 481 g/mol. The molecule has 0 aliphatic heterocycles. The highest BCUT2D eigenvalue weighted by atomic mass is 15.0. The van der Waals surface area contributed by atoms with Crippen LogP contribution in [0.3, 0.4) is 0 Å². The van der Waals surface area contributed by atoms with Crippen LogP contribution in [0.5, 0.6) is 0 Å². The molecule has 2 nitrogen and oxygen atoms in total. The Morgan fingerprint density at radius 2 is 1.19 bits per heavy atom. The molecule has 37 heavy (non-hydrogen) atoms. The number of unbranched alkanes of at least 4 members (excludes halogenated alkanes) is 5. The van der Waals surface area contributed by atoms with Gasteiger partial charge in [0.05, 0.1) is 16.6 Å². The summed E-state index contributed by atoms with van der Waals surface area (Å²) in [6.07, 6.45) is 9.03. The van der Waals surface area contributed by atoms with Gasteiger partial charge in [0, 0.05) is 21.5 Å². The van der Waals surface area contributed by atoms with E-state index in [1.807, 2.05) is 0 Å². The summed E-state index contributed by atoms with van der Waals surface area (Å²) >= 11 is 0. The maximum atomic E-state index is 5.41. The van der Waals surface area contributed by atoms with Crippen molar-refractivity contribution in [3.05, 3.63) is 96.6 Å². The molecule has 0 atom stereocenters. The Morgan fingerprint density at radius 3 is 2.00 bits per heavy atom. The first-order valence-corrected chi connectivity index (χ1v) is 13.9. The van der Waals surface area contributed by atoms with E-state index in [0.29, 0.717) is 0 Å². The third-order valence-electron chi connectivity index (χ3n) is 8.14. The summed E-state index contributed by atoms with van der Waals surface area (Å²) in [6.45, 7) is 2.28. The Morgan fingerprint density at radius 1 is 0.568 bits per heavy atom. The van der Waals surface area contributed by atoms with Gasteiger partial charge >= 0.3 is 0 Å². The fourth-order valence-corrected chi connectivity index (χ4v) is 6.41. The summed E-state index contributed by atoms with van der Waals surface area (Å²) in [5.41, 5.74) is 6.06. The van der Waals surface area contributed by atoms with Gasteiger partial charge in [-0.25, -0.2) is 4.98 Å². The first-order valence-electron chi connectivity index (χ1n) is 13.9. The van der Waals surface area contributed by atoms with E-state index in [1.165, 1.54) is 92.8 Å². The maximum absolute atomic E-state index is 5.41. The molecule has 0 amide bonds. The highest BCUT2D eigenvalue weighted by Gasteiger charge is 2.19. The van der Waals surface area contributed by atoms with Crippen molar-refractivity contribution in [2.24, 2.45) is 0 Å². The van der Waals surface area contributed by atoms with Crippen LogP contribution in [-0.2, 0) is 6.42 Å². The average Bonchev–Trinajstić information content (AvgIpc) is 3.37. The number of nitrogens with zero attached hydrogens (tertiary/aromatic N) is 2. The SMILES string of the molecule is CCCCCCCCc1cccc2c1c1ccccc1n1c2nc2c3ccccc3c3ccccc3c21. The minimum atomic E-state index is 1.06. The Balaban J connectivity index is 1.55. The molecular formula is C35H32N2. The zero-order chi connectivity index (χ0) is 24.8. The Hall–Kier alpha value is -3.91. The van der Waals surface area contributed by atoms with Crippen molar-refractivity contribution in [2.45, 2.75) is 51.9 Å². The molecule has 2 heterocycles. The zero-order valence-corrected chi connectivity index (χ0v) is 21.5. The van der Waals surface area contributed by atoms with E-state index in [4.69, 9.17) is 4.98 Å². The maximum Gasteiger partial charge on any atom is 0.146 e. The van der Waals surface area contributed by atoms with Gasteiger partial charge in [-0.15, -0.1) is 0 Å². The molecule has 5 aromatic carbocycles. The first-order chi connectivity index (χ1) is 18.4. The fraction of sp³-hybridized carbons (Fsp3) is 0.229. The van der Waals surface area contributed by atoms with Gasteiger partial charge in [-0.05, 0) is 40.6 Å². The van der Waals surface area contributed by atoms with E-state index in [2.05, 4.69) is 102 Å². The third-order valence-corrected chi connectivity index (χ3v) is 8.14. The van der Waals surface area contributed by atoms with E-state index < -0.39 is 0 Å². The molecule has 7 rings (SSSR count). The summed E-state index contributed by atoms with van der Waals surface area (Å²) in [5, 5.41) is 8.99. The largest absolute Gasteiger partial charge is 0.291 e. The summed E-state index contributed by atoms with van der Waals surface area (Å²) in [5.74, 6) is 0. The first kappa shape index (κ1) is 22.3. The normalized spacial score (nSPS) is 12.1. The van der Waals surface area contributed by atoms with Gasteiger partial charge < -0.3 is 0 Å². The van der Waals surface area contributed by atoms with E-state index in [9.17, 15) is 0 Å². The minimum Gasteiger partial charge on any atom is -0.291 e. The van der Waals surface area contributed by atoms with Crippen LogP contribution < -0.4 is 0 Å². The van der Waals surface area contributed by atoms with Gasteiger partial charge in [-0.2, -0.15) is 0 Å². The molecular weight excluding hydrogens is 448 g/mol. The fourth-order valence-electron chi connectivity index (χ4n) is 6.41. The van der Waals surface area contributed by atoms with Crippen LogP contribution in [0.2, 0.25) is 0 Å². The lowest BCUT2D eigenvalue weighted by atomic mass is 9.96. The van der Waals surface area contributed by atoms with Crippen molar-refractivity contribution in [1.29, 1.82) is 0 Å². The molecule has 0 fully saturated rings. The number of hydrogen-bond acceptors (Lipinski definition) is 1. The lowest BCUT2D eigenvalue weighted by molar-refractivity contribution is 0.608. The number of aromatic nitrogens is 2. The number of hydrogen-bond donors (Lipinski definition) is 0. The molecule has 0 bridgehead atoms. The summed E-state index contributed by atoms with van der Waals surface area (Å²) < 4.78 is 2.43. The monoisotopic (exact) mass is 480 g/mol. The van der Waals surface area contributed by atoms with Gasteiger partial charge in [-0.1, -0.05) is 124 Å². The number of pyridine rings is 1. The molecule has 2 heteroatoms. The number of fused-ring (bicyclic) bond motifs is 13. The lowest BCUT2D eigenvalue weighted by Crippen LogP contribution is -1.95. The molecule has 0 radical (unpaired) electrons. The Bertz CT molecular complexity index is 1930. The Kier molecular flexibility index (Phi) is 5.54. The van der Waals surface area contributed by atoms with Gasteiger partial charge in [0.2, 0.25) is 0 Å². The van der Waals surface area contributed by atoms with Crippen LogP contribution in [-0.4, -0.2) is 9.38 Å². The predicted molar refractivity (Wildman–Crippen MR) is 160 cm³/mol. The highest BCUT2D eigenvalue weighted by molar-refractivity contribution is 6.26. The molecule has 0 saturated heterocycles. The van der Waals surface area contributed by atoms with Crippen molar-refractivity contribution in [2.75, 3.05) is 0 Å². The highest BCUT2D eigenvalue weighted by Crippen LogP contribution is 2.40. The standard InChI is InChI=1S/C35H32N2/c1-2-3-4-5-6-7-15-24-16-14-22-30-32(24)29-21-12-13-23-31(29)37-34-28-20-11-9-18-26(28)25-17-8-10-19-27(25)33(34)36-35(30)37/h8-14,16-23H,2-7,15H2,1H3. The minimum absolute atomic E-state index is 1.06.